The predicted molar refractivity (Wildman–Crippen MR) is 105 cm³/mol. The van der Waals surface area contributed by atoms with Crippen LogP contribution in [0.3, 0.4) is 0 Å². The second-order valence-electron chi connectivity index (χ2n) is 7.23. The van der Waals surface area contributed by atoms with Gasteiger partial charge in [-0.1, -0.05) is 66.2 Å². The Balaban J connectivity index is 1.43. The quantitative estimate of drug-likeness (QED) is 0.776. The molecule has 3 heteroatoms. The Bertz CT molecular complexity index is 921. The number of nitrogens with zero attached hydrogens (tertiary/aromatic N) is 1. The normalized spacial score (nSPS) is 15.3. The number of rotatable bonds is 3. The summed E-state index contributed by atoms with van der Waals surface area (Å²) >= 11 is 0. The lowest BCUT2D eigenvalue weighted by molar-refractivity contribution is -0.917. The van der Waals surface area contributed by atoms with E-state index in [2.05, 4.69) is 43.3 Å². The Hall–Kier alpha value is -2.65. The molecule has 3 nitrogen and oxygen atoms in total. The first kappa shape index (κ1) is 16.8. The summed E-state index contributed by atoms with van der Waals surface area (Å²) in [5.41, 5.74) is 3.52. The maximum Gasteiger partial charge on any atom is 0.254 e. The average Bonchev–Trinajstić information content (AvgIpc) is 2.68. The summed E-state index contributed by atoms with van der Waals surface area (Å²) in [6, 6.07) is 22.9. The molecule has 1 amide bonds. The van der Waals surface area contributed by atoms with Crippen molar-refractivity contribution in [3.05, 3.63) is 83.4 Å². The minimum absolute atomic E-state index is 0.163. The topological polar surface area (TPSA) is 24.8 Å². The van der Waals surface area contributed by atoms with E-state index in [0.717, 1.165) is 49.1 Å². The van der Waals surface area contributed by atoms with Crippen LogP contribution in [-0.4, -0.2) is 37.0 Å². The zero-order valence-corrected chi connectivity index (χ0v) is 15.2. The first-order valence-electron chi connectivity index (χ1n) is 9.37. The number of carbonyl (C=O) groups excluding carboxylic acids is 1. The molecule has 0 aromatic heterocycles. The molecule has 1 aliphatic rings. The lowest BCUT2D eigenvalue weighted by atomic mass is 10.0. The van der Waals surface area contributed by atoms with Crippen molar-refractivity contribution in [2.24, 2.45) is 0 Å². The molecule has 0 aliphatic carbocycles. The zero-order chi connectivity index (χ0) is 17.9. The number of carbonyl (C=O) groups is 1. The van der Waals surface area contributed by atoms with Gasteiger partial charge in [0.1, 0.15) is 6.54 Å². The third-order valence-electron chi connectivity index (χ3n) is 5.31. The Morgan fingerprint density at radius 2 is 1.69 bits per heavy atom. The third-order valence-corrected chi connectivity index (χ3v) is 5.31. The number of hydrogen-bond acceptors (Lipinski definition) is 1. The van der Waals surface area contributed by atoms with E-state index in [1.54, 1.807) is 4.90 Å². The van der Waals surface area contributed by atoms with Crippen molar-refractivity contribution in [2.75, 3.05) is 26.2 Å². The van der Waals surface area contributed by atoms with Gasteiger partial charge in [0, 0.05) is 11.1 Å². The van der Waals surface area contributed by atoms with Crippen LogP contribution in [-0.2, 0) is 6.54 Å². The van der Waals surface area contributed by atoms with Gasteiger partial charge in [-0.2, -0.15) is 0 Å². The van der Waals surface area contributed by atoms with Crippen LogP contribution in [0.4, 0.5) is 0 Å². The van der Waals surface area contributed by atoms with Crippen LogP contribution < -0.4 is 4.90 Å². The van der Waals surface area contributed by atoms with Crippen LogP contribution in [0.2, 0.25) is 0 Å². The molecular weight excluding hydrogens is 320 g/mol. The van der Waals surface area contributed by atoms with Crippen LogP contribution in [0.25, 0.3) is 10.8 Å². The highest BCUT2D eigenvalue weighted by Crippen LogP contribution is 2.20. The first-order chi connectivity index (χ1) is 12.7. The van der Waals surface area contributed by atoms with E-state index in [1.807, 2.05) is 35.2 Å². The molecule has 0 bridgehead atoms. The molecule has 1 saturated heterocycles. The number of hydrogen-bond donors (Lipinski definition) is 1. The molecule has 132 valence electrons. The van der Waals surface area contributed by atoms with Crippen molar-refractivity contribution in [1.82, 2.24) is 4.90 Å². The fourth-order valence-corrected chi connectivity index (χ4v) is 3.90. The summed E-state index contributed by atoms with van der Waals surface area (Å²) in [4.78, 5) is 16.6. The average molecular weight is 345 g/mol. The Morgan fingerprint density at radius 1 is 0.962 bits per heavy atom. The van der Waals surface area contributed by atoms with E-state index in [0.29, 0.717) is 0 Å². The molecule has 0 saturated carbocycles. The molecule has 3 aromatic rings. The highest BCUT2D eigenvalue weighted by Gasteiger charge is 2.25. The van der Waals surface area contributed by atoms with Gasteiger partial charge in [-0.25, -0.2) is 0 Å². The summed E-state index contributed by atoms with van der Waals surface area (Å²) in [6.07, 6.45) is 0. The number of quaternary nitrogens is 1. The number of nitrogens with one attached hydrogen (secondary N) is 1. The monoisotopic (exact) mass is 345 g/mol. The molecule has 0 radical (unpaired) electrons. The van der Waals surface area contributed by atoms with Crippen molar-refractivity contribution in [3.63, 3.8) is 0 Å². The van der Waals surface area contributed by atoms with Crippen molar-refractivity contribution < 1.29 is 9.69 Å². The second-order valence-corrected chi connectivity index (χ2v) is 7.23. The highest BCUT2D eigenvalue weighted by molar-refractivity contribution is 6.07. The van der Waals surface area contributed by atoms with Gasteiger partial charge in [0.05, 0.1) is 26.2 Å². The van der Waals surface area contributed by atoms with E-state index >= 15 is 0 Å². The Morgan fingerprint density at radius 3 is 2.50 bits per heavy atom. The van der Waals surface area contributed by atoms with Crippen LogP contribution in [0.5, 0.6) is 0 Å². The van der Waals surface area contributed by atoms with Crippen LogP contribution in [0.1, 0.15) is 21.5 Å². The van der Waals surface area contributed by atoms with Gasteiger partial charge >= 0.3 is 0 Å². The lowest BCUT2D eigenvalue weighted by Gasteiger charge is -2.32. The fraction of sp³-hybridized carbons (Fsp3) is 0.261. The summed E-state index contributed by atoms with van der Waals surface area (Å²) in [5.74, 6) is 0.163. The van der Waals surface area contributed by atoms with Gasteiger partial charge in [0.25, 0.3) is 5.91 Å². The van der Waals surface area contributed by atoms with Gasteiger partial charge < -0.3 is 9.80 Å². The van der Waals surface area contributed by atoms with Gasteiger partial charge in [0.15, 0.2) is 0 Å². The molecule has 0 unspecified atom stereocenters. The maximum absolute atomic E-state index is 13.0. The van der Waals surface area contributed by atoms with E-state index in [1.165, 1.54) is 11.1 Å². The molecule has 1 heterocycles. The Labute approximate surface area is 154 Å². The number of aryl methyl sites for hydroxylation is 1. The molecule has 1 aliphatic heterocycles. The molecular formula is C23H25N2O+. The largest absolute Gasteiger partial charge is 0.328 e. The van der Waals surface area contributed by atoms with Crippen LogP contribution in [0.15, 0.2) is 66.7 Å². The third kappa shape index (κ3) is 3.49. The van der Waals surface area contributed by atoms with E-state index < -0.39 is 0 Å². The van der Waals surface area contributed by atoms with Crippen LogP contribution >= 0.6 is 0 Å². The van der Waals surface area contributed by atoms with Crippen molar-refractivity contribution >= 4 is 16.7 Å². The zero-order valence-electron chi connectivity index (χ0n) is 15.2. The van der Waals surface area contributed by atoms with E-state index in [-0.39, 0.29) is 5.91 Å². The molecule has 1 fully saturated rings. The van der Waals surface area contributed by atoms with E-state index in [9.17, 15) is 4.79 Å². The van der Waals surface area contributed by atoms with Gasteiger partial charge in [-0.3, -0.25) is 4.79 Å². The molecule has 0 atom stereocenters. The predicted octanol–water partition coefficient (Wildman–Crippen LogP) is 2.69. The minimum atomic E-state index is 0.163. The van der Waals surface area contributed by atoms with Crippen LogP contribution in [0, 0.1) is 6.92 Å². The van der Waals surface area contributed by atoms with E-state index in [4.69, 9.17) is 0 Å². The standard InChI is InChI=1S/C23H24N2O/c1-18-6-4-7-19(16-18)17-24-12-14-25(15-13-24)23(26)22-11-5-9-20-8-2-3-10-21(20)22/h2-11,16H,12-15,17H2,1H3/p+1. The summed E-state index contributed by atoms with van der Waals surface area (Å²) in [5, 5.41) is 2.18. The smallest absolute Gasteiger partial charge is 0.254 e. The number of piperazine rings is 1. The van der Waals surface area contributed by atoms with Crippen molar-refractivity contribution in [3.8, 4) is 0 Å². The molecule has 3 aromatic carbocycles. The van der Waals surface area contributed by atoms with Gasteiger partial charge in [-0.05, 0) is 23.8 Å². The first-order valence-corrected chi connectivity index (χ1v) is 9.37. The molecule has 0 spiro atoms. The molecule has 4 rings (SSSR count). The molecule has 1 N–H and O–H groups in total. The van der Waals surface area contributed by atoms with Crippen molar-refractivity contribution in [2.45, 2.75) is 13.5 Å². The summed E-state index contributed by atoms with van der Waals surface area (Å²) in [7, 11) is 0. The SMILES string of the molecule is Cc1cccc(C[NH+]2CCN(C(=O)c3cccc4ccccc34)CC2)c1. The number of amides is 1. The number of benzene rings is 3. The lowest BCUT2D eigenvalue weighted by Crippen LogP contribution is -3.13. The van der Waals surface area contributed by atoms with Gasteiger partial charge in [-0.15, -0.1) is 0 Å². The maximum atomic E-state index is 13.0. The summed E-state index contributed by atoms with van der Waals surface area (Å²) < 4.78 is 0. The Kier molecular flexibility index (Phi) is 4.72. The number of fused-ring (bicyclic) bond motifs is 1. The minimum Gasteiger partial charge on any atom is -0.328 e. The molecule has 26 heavy (non-hydrogen) atoms. The van der Waals surface area contributed by atoms with Crippen molar-refractivity contribution in [1.29, 1.82) is 0 Å². The highest BCUT2D eigenvalue weighted by atomic mass is 16.2. The fourth-order valence-electron chi connectivity index (χ4n) is 3.90. The summed E-state index contributed by atoms with van der Waals surface area (Å²) in [6.45, 7) is 6.83. The second kappa shape index (κ2) is 7.30. The van der Waals surface area contributed by atoms with Gasteiger partial charge in [0.2, 0.25) is 0 Å².